The standard InChI is InChI=1S/C17H23BrN2O5S/c1-3-25-17(22)13-8-10-20(11-9-13)16(21)12-19(2)26(23,24)15-6-4-14(18)5-7-15/h4-7,13H,3,8-12H2,1-2H3. The SMILES string of the molecule is CCOC(=O)C1CCN(C(=O)CN(C)S(=O)(=O)c2ccc(Br)cc2)CC1. The van der Waals surface area contributed by atoms with Gasteiger partial charge in [0.15, 0.2) is 0 Å². The van der Waals surface area contributed by atoms with Crippen molar-refractivity contribution in [3.8, 4) is 0 Å². The lowest BCUT2D eigenvalue weighted by atomic mass is 9.97. The first-order valence-electron chi connectivity index (χ1n) is 8.42. The Morgan fingerprint density at radius 1 is 1.23 bits per heavy atom. The van der Waals surface area contributed by atoms with Crippen molar-refractivity contribution in [1.29, 1.82) is 0 Å². The van der Waals surface area contributed by atoms with Crippen molar-refractivity contribution < 1.29 is 22.7 Å². The Kier molecular flexibility index (Phi) is 7.19. The van der Waals surface area contributed by atoms with Gasteiger partial charge >= 0.3 is 5.97 Å². The molecule has 0 radical (unpaired) electrons. The first-order chi connectivity index (χ1) is 12.3. The van der Waals surface area contributed by atoms with Crippen LogP contribution in [0.15, 0.2) is 33.6 Å². The number of ether oxygens (including phenoxy) is 1. The third-order valence-corrected chi connectivity index (χ3v) is 6.69. The number of nitrogens with zero attached hydrogens (tertiary/aromatic N) is 2. The number of sulfonamides is 1. The highest BCUT2D eigenvalue weighted by atomic mass is 79.9. The van der Waals surface area contributed by atoms with Crippen LogP contribution in [0.25, 0.3) is 0 Å². The van der Waals surface area contributed by atoms with Gasteiger partial charge in [0.25, 0.3) is 0 Å². The van der Waals surface area contributed by atoms with Crippen molar-refractivity contribution in [2.45, 2.75) is 24.7 Å². The average Bonchev–Trinajstić information content (AvgIpc) is 2.62. The zero-order valence-corrected chi connectivity index (χ0v) is 17.3. The van der Waals surface area contributed by atoms with E-state index >= 15 is 0 Å². The second kappa shape index (κ2) is 8.96. The summed E-state index contributed by atoms with van der Waals surface area (Å²) in [7, 11) is -2.34. The molecule has 7 nitrogen and oxygen atoms in total. The van der Waals surface area contributed by atoms with E-state index in [1.54, 1.807) is 24.0 Å². The van der Waals surface area contributed by atoms with Crippen molar-refractivity contribution in [2.75, 3.05) is 33.3 Å². The number of halogens is 1. The molecule has 26 heavy (non-hydrogen) atoms. The summed E-state index contributed by atoms with van der Waals surface area (Å²) in [6.45, 7) is 2.72. The average molecular weight is 447 g/mol. The van der Waals surface area contributed by atoms with Crippen molar-refractivity contribution in [1.82, 2.24) is 9.21 Å². The number of benzene rings is 1. The summed E-state index contributed by atoms with van der Waals surface area (Å²) in [5.74, 6) is -0.687. The van der Waals surface area contributed by atoms with Crippen LogP contribution in [-0.2, 0) is 24.3 Å². The van der Waals surface area contributed by atoms with Crippen LogP contribution < -0.4 is 0 Å². The fourth-order valence-corrected chi connectivity index (χ4v) is 4.17. The van der Waals surface area contributed by atoms with E-state index in [2.05, 4.69) is 15.9 Å². The highest BCUT2D eigenvalue weighted by Gasteiger charge is 2.30. The van der Waals surface area contributed by atoms with Gasteiger partial charge < -0.3 is 9.64 Å². The number of amides is 1. The van der Waals surface area contributed by atoms with E-state index in [0.717, 1.165) is 8.78 Å². The number of carbonyl (C=O) groups is 2. The van der Waals surface area contributed by atoms with Gasteiger partial charge in [0.05, 0.1) is 24.0 Å². The molecule has 0 bridgehead atoms. The van der Waals surface area contributed by atoms with Gasteiger partial charge in [-0.25, -0.2) is 8.42 Å². The van der Waals surface area contributed by atoms with Crippen molar-refractivity contribution >= 4 is 37.8 Å². The molecule has 1 amide bonds. The van der Waals surface area contributed by atoms with Gasteiger partial charge in [-0.05, 0) is 44.0 Å². The summed E-state index contributed by atoms with van der Waals surface area (Å²) in [5.41, 5.74) is 0. The van der Waals surface area contributed by atoms with Crippen LogP contribution in [0.2, 0.25) is 0 Å². The number of esters is 1. The molecule has 2 rings (SSSR count). The number of hydrogen-bond acceptors (Lipinski definition) is 5. The predicted octanol–water partition coefficient (Wildman–Crippen LogP) is 1.87. The van der Waals surface area contributed by atoms with Gasteiger partial charge in [-0.2, -0.15) is 4.31 Å². The molecule has 1 fully saturated rings. The molecule has 0 atom stereocenters. The Hall–Kier alpha value is -1.45. The molecule has 1 saturated heterocycles. The van der Waals surface area contributed by atoms with Gasteiger partial charge in [0, 0.05) is 24.6 Å². The molecule has 0 unspecified atom stereocenters. The van der Waals surface area contributed by atoms with Gasteiger partial charge in [0.1, 0.15) is 0 Å². The minimum absolute atomic E-state index is 0.136. The minimum atomic E-state index is -3.73. The lowest BCUT2D eigenvalue weighted by Crippen LogP contribution is -2.45. The summed E-state index contributed by atoms with van der Waals surface area (Å²) in [6, 6.07) is 6.27. The fourth-order valence-electron chi connectivity index (χ4n) is 2.79. The Labute approximate surface area is 162 Å². The minimum Gasteiger partial charge on any atom is -0.466 e. The molecular weight excluding hydrogens is 424 g/mol. The number of piperidine rings is 1. The topological polar surface area (TPSA) is 84.0 Å². The van der Waals surface area contributed by atoms with Crippen molar-refractivity contribution in [3.63, 3.8) is 0 Å². The van der Waals surface area contributed by atoms with Crippen LogP contribution in [0.5, 0.6) is 0 Å². The maximum absolute atomic E-state index is 12.6. The summed E-state index contributed by atoms with van der Waals surface area (Å²) in [6.07, 6.45) is 1.07. The smallest absolute Gasteiger partial charge is 0.309 e. The maximum Gasteiger partial charge on any atom is 0.309 e. The number of likely N-dealkylation sites (N-methyl/N-ethyl adjacent to an activating group) is 1. The molecule has 0 N–H and O–H groups in total. The van der Waals surface area contributed by atoms with Gasteiger partial charge in [-0.3, -0.25) is 9.59 Å². The number of hydrogen-bond donors (Lipinski definition) is 0. The number of carbonyl (C=O) groups excluding carboxylic acids is 2. The Balaban J connectivity index is 1.93. The molecule has 1 aromatic carbocycles. The molecule has 1 heterocycles. The molecule has 0 spiro atoms. The fraction of sp³-hybridized carbons (Fsp3) is 0.529. The molecule has 0 aliphatic carbocycles. The maximum atomic E-state index is 12.6. The van der Waals surface area contributed by atoms with Crippen molar-refractivity contribution in [2.24, 2.45) is 5.92 Å². The molecule has 144 valence electrons. The van der Waals surface area contributed by atoms with E-state index in [1.807, 2.05) is 0 Å². The van der Waals surface area contributed by atoms with Crippen LogP contribution in [0.3, 0.4) is 0 Å². The van der Waals surface area contributed by atoms with Crippen molar-refractivity contribution in [3.05, 3.63) is 28.7 Å². The largest absolute Gasteiger partial charge is 0.466 e. The summed E-state index contributed by atoms with van der Waals surface area (Å²) < 4.78 is 31.9. The van der Waals surface area contributed by atoms with E-state index < -0.39 is 10.0 Å². The molecule has 9 heteroatoms. The monoisotopic (exact) mass is 446 g/mol. The predicted molar refractivity (Wildman–Crippen MR) is 99.9 cm³/mol. The van der Waals surface area contributed by atoms with Crippen LogP contribution in [0, 0.1) is 5.92 Å². The van der Waals surface area contributed by atoms with E-state index in [4.69, 9.17) is 4.74 Å². The lowest BCUT2D eigenvalue weighted by molar-refractivity contribution is -0.151. The number of rotatable bonds is 6. The van der Waals surface area contributed by atoms with Crippen LogP contribution in [-0.4, -0.2) is 62.8 Å². The molecule has 0 saturated carbocycles. The zero-order chi connectivity index (χ0) is 19.3. The summed E-state index contributed by atoms with van der Waals surface area (Å²) in [4.78, 5) is 25.9. The van der Waals surface area contributed by atoms with E-state index in [-0.39, 0.29) is 29.2 Å². The third-order valence-electron chi connectivity index (χ3n) is 4.35. The van der Waals surface area contributed by atoms with E-state index in [0.29, 0.717) is 32.5 Å². The summed E-state index contributed by atoms with van der Waals surface area (Å²) in [5, 5.41) is 0. The quantitative estimate of drug-likeness (QED) is 0.622. The number of likely N-dealkylation sites (tertiary alicyclic amines) is 1. The molecule has 1 aliphatic heterocycles. The highest BCUT2D eigenvalue weighted by molar-refractivity contribution is 9.10. The molecule has 1 aliphatic rings. The van der Waals surface area contributed by atoms with Gasteiger partial charge in [0.2, 0.25) is 15.9 Å². The Morgan fingerprint density at radius 2 is 1.81 bits per heavy atom. The molecule has 1 aromatic rings. The van der Waals surface area contributed by atoms with Crippen LogP contribution in [0.1, 0.15) is 19.8 Å². The van der Waals surface area contributed by atoms with Crippen LogP contribution >= 0.6 is 15.9 Å². The van der Waals surface area contributed by atoms with Crippen LogP contribution in [0.4, 0.5) is 0 Å². The second-order valence-electron chi connectivity index (χ2n) is 6.12. The first-order valence-corrected chi connectivity index (χ1v) is 10.6. The molecule has 0 aromatic heterocycles. The lowest BCUT2D eigenvalue weighted by Gasteiger charge is -2.32. The zero-order valence-electron chi connectivity index (χ0n) is 14.9. The normalized spacial score (nSPS) is 15.9. The Bertz CT molecular complexity index is 743. The third kappa shape index (κ3) is 5.05. The van der Waals surface area contributed by atoms with E-state index in [9.17, 15) is 18.0 Å². The van der Waals surface area contributed by atoms with E-state index in [1.165, 1.54) is 19.2 Å². The summed E-state index contributed by atoms with van der Waals surface area (Å²) >= 11 is 3.26. The molecular formula is C17H23BrN2O5S. The highest BCUT2D eigenvalue weighted by Crippen LogP contribution is 2.20. The second-order valence-corrected chi connectivity index (χ2v) is 9.08. The van der Waals surface area contributed by atoms with Gasteiger partial charge in [-0.15, -0.1) is 0 Å². The first kappa shape index (κ1) is 20.9. The Morgan fingerprint density at radius 3 is 2.35 bits per heavy atom. The van der Waals surface area contributed by atoms with Gasteiger partial charge in [-0.1, -0.05) is 15.9 Å².